The van der Waals surface area contributed by atoms with E-state index < -0.39 is 0 Å². The number of carbonyl (C=O) groups excluding carboxylic acids is 2. The predicted octanol–water partition coefficient (Wildman–Crippen LogP) is 2.51. The van der Waals surface area contributed by atoms with Crippen molar-refractivity contribution in [3.8, 4) is 11.5 Å². The molecular weight excluding hydrogens is 384 g/mol. The fraction of sp³-hybridized carbons (Fsp3) is 0.500. The molecule has 3 N–H and O–H groups in total. The molecule has 8 nitrogen and oxygen atoms in total. The molecular formula is C22H34N4O4. The van der Waals surface area contributed by atoms with Crippen molar-refractivity contribution in [2.75, 3.05) is 26.7 Å². The number of rotatable bonds is 6. The van der Waals surface area contributed by atoms with Gasteiger partial charge in [-0.2, -0.15) is 5.10 Å². The highest BCUT2D eigenvalue weighted by Crippen LogP contribution is 2.27. The van der Waals surface area contributed by atoms with E-state index in [2.05, 4.69) is 5.10 Å². The fourth-order valence-electron chi connectivity index (χ4n) is 3.07. The molecule has 1 aliphatic rings. The lowest BCUT2D eigenvalue weighted by atomic mass is 10.0. The lowest BCUT2D eigenvalue weighted by Crippen LogP contribution is -2.46. The maximum Gasteiger partial charge on any atom is 0.239 e. The number of nitrogens with two attached hydrogens (primary N) is 1. The molecule has 2 amide bonds. The average molecular weight is 419 g/mol. The molecule has 8 heteroatoms. The van der Waals surface area contributed by atoms with Gasteiger partial charge in [0.2, 0.25) is 11.8 Å². The maximum absolute atomic E-state index is 12.1. The second-order valence-electron chi connectivity index (χ2n) is 7.08. The quantitative estimate of drug-likeness (QED) is 0.419. The van der Waals surface area contributed by atoms with Gasteiger partial charge in [0, 0.05) is 25.6 Å². The zero-order valence-electron chi connectivity index (χ0n) is 18.6. The van der Waals surface area contributed by atoms with Crippen LogP contribution in [0, 0.1) is 0 Å². The second-order valence-corrected chi connectivity index (χ2v) is 7.08. The molecule has 1 fully saturated rings. The van der Waals surface area contributed by atoms with Gasteiger partial charge in [0.15, 0.2) is 11.5 Å². The van der Waals surface area contributed by atoms with Gasteiger partial charge in [-0.05, 0) is 51.8 Å². The number of piperidine rings is 1. The van der Waals surface area contributed by atoms with Crippen molar-refractivity contribution in [2.45, 2.75) is 46.6 Å². The zero-order chi connectivity index (χ0) is 22.7. The van der Waals surface area contributed by atoms with Crippen LogP contribution in [-0.4, -0.2) is 65.3 Å². The van der Waals surface area contributed by atoms with Crippen molar-refractivity contribution in [2.24, 2.45) is 10.8 Å². The average Bonchev–Trinajstić information content (AvgIpc) is 2.72. The van der Waals surface area contributed by atoms with Crippen molar-refractivity contribution < 1.29 is 19.4 Å². The Kier molecular flexibility index (Phi) is 10.6. The molecule has 2 rings (SSSR count). The van der Waals surface area contributed by atoms with Crippen LogP contribution in [0.1, 0.15) is 46.1 Å². The van der Waals surface area contributed by atoms with Gasteiger partial charge in [0.1, 0.15) is 0 Å². The van der Waals surface area contributed by atoms with E-state index >= 15 is 0 Å². The molecule has 0 aliphatic carbocycles. The Labute approximate surface area is 179 Å². The normalized spacial score (nSPS) is 15.4. The molecule has 0 bridgehead atoms. The number of hydrazone groups is 1. The molecule has 0 radical (unpaired) electrons. The van der Waals surface area contributed by atoms with Crippen molar-refractivity contribution in [3.63, 3.8) is 0 Å². The Bertz CT molecular complexity index is 764. The minimum Gasteiger partial charge on any atom is -0.504 e. The van der Waals surface area contributed by atoms with Crippen LogP contribution in [0.2, 0.25) is 0 Å². The topological polar surface area (TPSA) is 108 Å². The van der Waals surface area contributed by atoms with Crippen molar-refractivity contribution in [1.82, 2.24) is 9.91 Å². The number of phenolic OH excluding ortho intramolecular Hbond substituents is 1. The maximum atomic E-state index is 12.1. The fourth-order valence-corrected chi connectivity index (χ4v) is 3.07. The molecule has 1 heterocycles. The minimum atomic E-state index is -0.345. The SMILES string of the molecule is C/C=C\C.COc1cc(/C(C)=N/N(C(C)=O)C2CCN(CC(N)=O)CC2)ccc1O. The Morgan fingerprint density at radius 1 is 1.27 bits per heavy atom. The predicted molar refractivity (Wildman–Crippen MR) is 119 cm³/mol. The van der Waals surface area contributed by atoms with Crippen LogP contribution in [-0.2, 0) is 9.59 Å². The first kappa shape index (κ1) is 25.2. The van der Waals surface area contributed by atoms with Crippen LogP contribution in [0.5, 0.6) is 11.5 Å². The summed E-state index contributed by atoms with van der Waals surface area (Å²) in [4.78, 5) is 25.1. The summed E-state index contributed by atoms with van der Waals surface area (Å²) in [6, 6.07) is 4.92. The highest BCUT2D eigenvalue weighted by atomic mass is 16.5. The number of methoxy groups -OCH3 is 1. The smallest absolute Gasteiger partial charge is 0.239 e. The molecule has 1 aliphatic heterocycles. The number of allylic oxidation sites excluding steroid dienone is 2. The van der Waals surface area contributed by atoms with Gasteiger partial charge >= 0.3 is 0 Å². The number of hydrogen-bond donors (Lipinski definition) is 2. The summed E-state index contributed by atoms with van der Waals surface area (Å²) < 4.78 is 5.12. The van der Waals surface area contributed by atoms with Crippen LogP contribution in [0.3, 0.4) is 0 Å². The number of hydrogen-bond acceptors (Lipinski definition) is 6. The molecule has 0 atom stereocenters. The van der Waals surface area contributed by atoms with Crippen molar-refractivity contribution in [3.05, 3.63) is 35.9 Å². The number of benzene rings is 1. The number of aromatic hydroxyl groups is 1. The number of likely N-dealkylation sites (tertiary alicyclic amines) is 1. The minimum absolute atomic E-state index is 0.0226. The first-order valence-corrected chi connectivity index (χ1v) is 10.0. The summed E-state index contributed by atoms with van der Waals surface area (Å²) in [6.07, 6.45) is 5.45. The Morgan fingerprint density at radius 2 is 1.87 bits per heavy atom. The summed E-state index contributed by atoms with van der Waals surface area (Å²) in [6.45, 7) is 8.92. The first-order chi connectivity index (χ1) is 14.2. The highest BCUT2D eigenvalue weighted by molar-refractivity contribution is 5.99. The van der Waals surface area contributed by atoms with E-state index in [0.717, 1.165) is 18.4 Å². The standard InChI is InChI=1S/C18H26N4O4.C4H8/c1-12(14-4-5-16(24)17(10-14)26-3)20-22(13(2)23)15-6-8-21(9-7-15)11-18(19)25;1-3-4-2/h4-5,10,15,24H,6-9,11H2,1-3H3,(H2,19,25);3-4H,1-2H3/b20-12+;4-3-. The van der Waals surface area contributed by atoms with E-state index in [9.17, 15) is 14.7 Å². The molecule has 30 heavy (non-hydrogen) atoms. The monoisotopic (exact) mass is 418 g/mol. The van der Waals surface area contributed by atoms with Gasteiger partial charge in [-0.25, -0.2) is 5.01 Å². The third-order valence-electron chi connectivity index (χ3n) is 4.79. The van der Waals surface area contributed by atoms with Gasteiger partial charge < -0.3 is 15.6 Å². The Morgan fingerprint density at radius 3 is 2.33 bits per heavy atom. The van der Waals surface area contributed by atoms with Gasteiger partial charge in [0.25, 0.3) is 0 Å². The lowest BCUT2D eigenvalue weighted by Gasteiger charge is -2.35. The van der Waals surface area contributed by atoms with E-state index in [4.69, 9.17) is 10.5 Å². The van der Waals surface area contributed by atoms with Crippen LogP contribution < -0.4 is 10.5 Å². The largest absolute Gasteiger partial charge is 0.504 e. The summed E-state index contributed by atoms with van der Waals surface area (Å²) in [5.41, 5.74) is 6.65. The summed E-state index contributed by atoms with van der Waals surface area (Å²) in [7, 11) is 1.48. The van der Waals surface area contributed by atoms with Crippen LogP contribution in [0.4, 0.5) is 0 Å². The van der Waals surface area contributed by atoms with Crippen LogP contribution in [0.15, 0.2) is 35.5 Å². The van der Waals surface area contributed by atoms with Gasteiger partial charge in [0.05, 0.1) is 25.4 Å². The van der Waals surface area contributed by atoms with Crippen LogP contribution in [0.25, 0.3) is 0 Å². The first-order valence-electron chi connectivity index (χ1n) is 10.0. The molecule has 0 spiro atoms. The zero-order valence-corrected chi connectivity index (χ0v) is 18.6. The molecule has 0 saturated carbocycles. The number of ether oxygens (including phenoxy) is 1. The number of primary amides is 1. The molecule has 1 aromatic carbocycles. The summed E-state index contributed by atoms with van der Waals surface area (Å²) in [5.74, 6) is -0.0778. The van der Waals surface area contributed by atoms with E-state index in [1.807, 2.05) is 37.8 Å². The molecule has 1 saturated heterocycles. The lowest BCUT2D eigenvalue weighted by molar-refractivity contribution is -0.132. The van der Waals surface area contributed by atoms with Gasteiger partial charge in [-0.1, -0.05) is 12.2 Å². The number of amides is 2. The Hall–Kier alpha value is -2.87. The third kappa shape index (κ3) is 7.87. The molecule has 0 aromatic heterocycles. The molecule has 166 valence electrons. The van der Waals surface area contributed by atoms with Crippen molar-refractivity contribution in [1.29, 1.82) is 0 Å². The van der Waals surface area contributed by atoms with E-state index in [0.29, 0.717) is 24.6 Å². The van der Waals surface area contributed by atoms with E-state index in [1.165, 1.54) is 25.1 Å². The Balaban J connectivity index is 0.00000103. The van der Waals surface area contributed by atoms with E-state index in [-0.39, 0.29) is 30.2 Å². The van der Waals surface area contributed by atoms with E-state index in [1.54, 1.807) is 12.1 Å². The molecule has 1 aromatic rings. The summed E-state index contributed by atoms with van der Waals surface area (Å²) in [5, 5.41) is 15.7. The van der Waals surface area contributed by atoms with Crippen LogP contribution >= 0.6 is 0 Å². The molecule has 0 unspecified atom stereocenters. The number of phenols is 1. The number of nitrogens with zero attached hydrogens (tertiary/aromatic N) is 3. The van der Waals surface area contributed by atoms with Crippen molar-refractivity contribution >= 4 is 17.5 Å². The number of carbonyl (C=O) groups is 2. The highest BCUT2D eigenvalue weighted by Gasteiger charge is 2.27. The van der Waals surface area contributed by atoms with Gasteiger partial charge in [-0.3, -0.25) is 14.5 Å². The second kappa shape index (κ2) is 12.6. The summed E-state index contributed by atoms with van der Waals surface area (Å²) >= 11 is 0. The third-order valence-corrected chi connectivity index (χ3v) is 4.79. The van der Waals surface area contributed by atoms with Gasteiger partial charge in [-0.15, -0.1) is 0 Å².